The SMILES string of the molecule is CCCOc1cc(C)nc(NC(C)Cn2cccn2)n1. The van der Waals surface area contributed by atoms with Crippen molar-refractivity contribution in [3.05, 3.63) is 30.2 Å². The van der Waals surface area contributed by atoms with E-state index in [-0.39, 0.29) is 6.04 Å². The first-order chi connectivity index (χ1) is 9.67. The molecule has 0 fully saturated rings. The van der Waals surface area contributed by atoms with E-state index >= 15 is 0 Å². The lowest BCUT2D eigenvalue weighted by atomic mass is 10.3. The zero-order valence-corrected chi connectivity index (χ0v) is 12.2. The van der Waals surface area contributed by atoms with Gasteiger partial charge in [0.25, 0.3) is 0 Å². The summed E-state index contributed by atoms with van der Waals surface area (Å²) in [6.07, 6.45) is 4.67. The molecule has 0 bridgehead atoms. The van der Waals surface area contributed by atoms with Gasteiger partial charge in [-0.1, -0.05) is 6.92 Å². The molecule has 0 radical (unpaired) electrons. The van der Waals surface area contributed by atoms with E-state index in [4.69, 9.17) is 4.74 Å². The van der Waals surface area contributed by atoms with Crippen LogP contribution in [0.2, 0.25) is 0 Å². The van der Waals surface area contributed by atoms with Crippen LogP contribution < -0.4 is 10.1 Å². The number of aromatic nitrogens is 4. The van der Waals surface area contributed by atoms with Gasteiger partial charge in [-0.2, -0.15) is 10.1 Å². The standard InChI is InChI=1S/C14H21N5O/c1-4-8-20-13-9-11(2)16-14(18-13)17-12(3)10-19-7-5-6-15-19/h5-7,9,12H,4,8,10H2,1-3H3,(H,16,17,18). The van der Waals surface area contributed by atoms with Gasteiger partial charge >= 0.3 is 0 Å². The van der Waals surface area contributed by atoms with Crippen LogP contribution in [0.25, 0.3) is 0 Å². The maximum Gasteiger partial charge on any atom is 0.226 e. The van der Waals surface area contributed by atoms with Crippen molar-refractivity contribution in [3.8, 4) is 5.88 Å². The fourth-order valence-electron chi connectivity index (χ4n) is 1.84. The Labute approximate surface area is 119 Å². The Bertz CT molecular complexity index is 526. The van der Waals surface area contributed by atoms with E-state index in [0.717, 1.165) is 18.7 Å². The largest absolute Gasteiger partial charge is 0.478 e. The predicted octanol–water partition coefficient (Wildman–Crippen LogP) is 2.27. The van der Waals surface area contributed by atoms with Crippen molar-refractivity contribution >= 4 is 5.95 Å². The third-order valence-corrected chi connectivity index (χ3v) is 2.68. The number of hydrogen-bond donors (Lipinski definition) is 1. The van der Waals surface area contributed by atoms with Crippen LogP contribution in [0.1, 0.15) is 26.0 Å². The van der Waals surface area contributed by atoms with Gasteiger partial charge in [-0.25, -0.2) is 4.98 Å². The summed E-state index contributed by atoms with van der Waals surface area (Å²) in [5, 5.41) is 7.46. The highest BCUT2D eigenvalue weighted by Crippen LogP contribution is 2.13. The summed E-state index contributed by atoms with van der Waals surface area (Å²) in [6.45, 7) is 7.50. The first-order valence-electron chi connectivity index (χ1n) is 6.90. The van der Waals surface area contributed by atoms with Crippen molar-refractivity contribution in [1.82, 2.24) is 19.7 Å². The van der Waals surface area contributed by atoms with Crippen LogP contribution in [0.4, 0.5) is 5.95 Å². The Morgan fingerprint density at radius 1 is 1.40 bits per heavy atom. The van der Waals surface area contributed by atoms with Gasteiger partial charge in [-0.05, 0) is 26.3 Å². The molecular weight excluding hydrogens is 254 g/mol. The van der Waals surface area contributed by atoms with Crippen LogP contribution in [0.5, 0.6) is 5.88 Å². The molecule has 1 N–H and O–H groups in total. The Morgan fingerprint density at radius 2 is 2.25 bits per heavy atom. The van der Waals surface area contributed by atoms with Gasteiger partial charge in [0.1, 0.15) is 0 Å². The van der Waals surface area contributed by atoms with Crippen LogP contribution in [0.3, 0.4) is 0 Å². The highest BCUT2D eigenvalue weighted by molar-refractivity contribution is 5.31. The predicted molar refractivity (Wildman–Crippen MR) is 77.9 cm³/mol. The molecule has 2 rings (SSSR count). The summed E-state index contributed by atoms with van der Waals surface area (Å²) >= 11 is 0. The Balaban J connectivity index is 1.98. The molecule has 0 saturated heterocycles. The van der Waals surface area contributed by atoms with Gasteiger partial charge in [0.2, 0.25) is 11.8 Å². The van der Waals surface area contributed by atoms with Gasteiger partial charge < -0.3 is 10.1 Å². The van der Waals surface area contributed by atoms with E-state index in [2.05, 4.69) is 34.2 Å². The Hall–Kier alpha value is -2.11. The summed E-state index contributed by atoms with van der Waals surface area (Å²) < 4.78 is 7.43. The summed E-state index contributed by atoms with van der Waals surface area (Å²) in [6, 6.07) is 3.93. The summed E-state index contributed by atoms with van der Waals surface area (Å²) in [5.74, 6) is 1.21. The molecule has 0 spiro atoms. The molecule has 6 nitrogen and oxygen atoms in total. The van der Waals surface area contributed by atoms with Gasteiger partial charge in [-0.15, -0.1) is 0 Å². The molecule has 108 valence electrons. The average molecular weight is 275 g/mol. The number of hydrogen-bond acceptors (Lipinski definition) is 5. The molecule has 2 aromatic rings. The number of nitrogens with zero attached hydrogens (tertiary/aromatic N) is 4. The minimum atomic E-state index is 0.177. The fourth-order valence-corrected chi connectivity index (χ4v) is 1.84. The molecular formula is C14H21N5O. The molecule has 0 aromatic carbocycles. The molecule has 6 heteroatoms. The molecule has 0 aliphatic heterocycles. The van der Waals surface area contributed by atoms with E-state index in [1.54, 1.807) is 6.20 Å². The quantitative estimate of drug-likeness (QED) is 0.839. The average Bonchev–Trinajstić information content (AvgIpc) is 2.88. The first-order valence-corrected chi connectivity index (χ1v) is 6.90. The molecule has 20 heavy (non-hydrogen) atoms. The van der Waals surface area contributed by atoms with Crippen molar-refractivity contribution in [2.75, 3.05) is 11.9 Å². The molecule has 0 amide bonds. The molecule has 1 unspecified atom stereocenters. The zero-order chi connectivity index (χ0) is 14.4. The smallest absolute Gasteiger partial charge is 0.226 e. The molecule has 2 heterocycles. The van der Waals surface area contributed by atoms with Crippen LogP contribution in [0, 0.1) is 6.92 Å². The fraction of sp³-hybridized carbons (Fsp3) is 0.500. The van der Waals surface area contributed by atoms with Gasteiger partial charge in [-0.3, -0.25) is 4.68 Å². The topological polar surface area (TPSA) is 64.9 Å². The van der Waals surface area contributed by atoms with E-state index in [1.807, 2.05) is 29.9 Å². The van der Waals surface area contributed by atoms with Crippen molar-refractivity contribution in [2.45, 2.75) is 39.8 Å². The lowest BCUT2D eigenvalue weighted by molar-refractivity contribution is 0.304. The molecule has 0 saturated carbocycles. The van der Waals surface area contributed by atoms with E-state index in [0.29, 0.717) is 18.4 Å². The van der Waals surface area contributed by atoms with E-state index in [9.17, 15) is 0 Å². The number of aryl methyl sites for hydroxylation is 1. The van der Waals surface area contributed by atoms with Crippen molar-refractivity contribution < 1.29 is 4.74 Å². The summed E-state index contributed by atoms with van der Waals surface area (Å²) in [7, 11) is 0. The van der Waals surface area contributed by atoms with Crippen LogP contribution >= 0.6 is 0 Å². The number of rotatable bonds is 7. The number of nitrogens with one attached hydrogen (secondary N) is 1. The van der Waals surface area contributed by atoms with Gasteiger partial charge in [0.15, 0.2) is 0 Å². The van der Waals surface area contributed by atoms with Gasteiger partial charge in [0, 0.05) is 30.2 Å². The van der Waals surface area contributed by atoms with E-state index < -0.39 is 0 Å². The van der Waals surface area contributed by atoms with Crippen molar-refractivity contribution in [1.29, 1.82) is 0 Å². The van der Waals surface area contributed by atoms with Crippen molar-refractivity contribution in [2.24, 2.45) is 0 Å². The molecule has 0 aliphatic rings. The number of ether oxygens (including phenoxy) is 1. The minimum absolute atomic E-state index is 0.177. The lowest BCUT2D eigenvalue weighted by Crippen LogP contribution is -2.23. The van der Waals surface area contributed by atoms with Crippen LogP contribution in [-0.4, -0.2) is 32.4 Å². The second-order valence-electron chi connectivity index (χ2n) is 4.79. The second-order valence-corrected chi connectivity index (χ2v) is 4.79. The molecule has 1 atom stereocenters. The minimum Gasteiger partial charge on any atom is -0.478 e. The Kier molecular flexibility index (Phi) is 4.92. The monoisotopic (exact) mass is 275 g/mol. The lowest BCUT2D eigenvalue weighted by Gasteiger charge is -2.15. The third-order valence-electron chi connectivity index (χ3n) is 2.68. The first kappa shape index (κ1) is 14.3. The summed E-state index contributed by atoms with van der Waals surface area (Å²) in [4.78, 5) is 8.75. The van der Waals surface area contributed by atoms with Crippen LogP contribution in [0.15, 0.2) is 24.5 Å². The van der Waals surface area contributed by atoms with Crippen molar-refractivity contribution in [3.63, 3.8) is 0 Å². The van der Waals surface area contributed by atoms with E-state index in [1.165, 1.54) is 0 Å². The molecule has 0 aliphatic carbocycles. The third kappa shape index (κ3) is 4.22. The number of anilines is 1. The molecule has 2 aromatic heterocycles. The summed E-state index contributed by atoms with van der Waals surface area (Å²) in [5.41, 5.74) is 0.889. The maximum atomic E-state index is 5.56. The normalized spacial score (nSPS) is 12.2. The van der Waals surface area contributed by atoms with Crippen LogP contribution in [-0.2, 0) is 6.54 Å². The maximum absolute atomic E-state index is 5.56. The Morgan fingerprint density at radius 3 is 2.95 bits per heavy atom. The second kappa shape index (κ2) is 6.88. The highest BCUT2D eigenvalue weighted by Gasteiger charge is 2.08. The zero-order valence-electron chi connectivity index (χ0n) is 12.2. The highest BCUT2D eigenvalue weighted by atomic mass is 16.5. The van der Waals surface area contributed by atoms with Gasteiger partial charge in [0.05, 0.1) is 13.2 Å².